The predicted octanol–water partition coefficient (Wildman–Crippen LogP) is 1.32. The highest BCUT2D eigenvalue weighted by Crippen LogP contribution is 2.31. The maximum absolute atomic E-state index is 11.2. The van der Waals surface area contributed by atoms with Crippen LogP contribution >= 0.6 is 0 Å². The number of aliphatic hydroxyl groups is 1. The third-order valence-corrected chi connectivity index (χ3v) is 3.81. The molecule has 2 unspecified atom stereocenters. The molecule has 1 aliphatic carbocycles. The standard InChI is InChI=1S/C15H21NO4/c16-15(14(18)19)8-3-5-12(10-15)20-13-6-2-1-4-11(13)7-9-17/h1-2,4,6,12,17H,3,5,7-10,16H2,(H,18,19). The molecule has 0 aliphatic heterocycles. The average Bonchev–Trinajstić information content (AvgIpc) is 2.41. The summed E-state index contributed by atoms with van der Waals surface area (Å²) < 4.78 is 5.93. The summed E-state index contributed by atoms with van der Waals surface area (Å²) in [5, 5.41) is 18.3. The van der Waals surface area contributed by atoms with Crippen LogP contribution in [-0.2, 0) is 11.2 Å². The quantitative estimate of drug-likeness (QED) is 0.756. The Bertz CT molecular complexity index is 477. The van der Waals surface area contributed by atoms with Crippen LogP contribution in [0.4, 0.5) is 0 Å². The van der Waals surface area contributed by atoms with Crippen LogP contribution in [0.25, 0.3) is 0 Å². The molecule has 1 fully saturated rings. The second-order valence-electron chi connectivity index (χ2n) is 5.38. The Balaban J connectivity index is 2.08. The molecule has 0 aromatic heterocycles. The second-order valence-corrected chi connectivity index (χ2v) is 5.38. The van der Waals surface area contributed by atoms with E-state index in [0.29, 0.717) is 25.0 Å². The van der Waals surface area contributed by atoms with Crippen molar-refractivity contribution in [1.29, 1.82) is 0 Å². The molecule has 2 rings (SSSR count). The van der Waals surface area contributed by atoms with Gasteiger partial charge in [0.2, 0.25) is 0 Å². The summed E-state index contributed by atoms with van der Waals surface area (Å²) in [6, 6.07) is 7.51. The lowest BCUT2D eigenvalue weighted by Crippen LogP contribution is -2.53. The molecule has 1 aromatic carbocycles. The van der Waals surface area contributed by atoms with Crippen molar-refractivity contribution in [2.45, 2.75) is 43.7 Å². The van der Waals surface area contributed by atoms with Gasteiger partial charge < -0.3 is 20.7 Å². The van der Waals surface area contributed by atoms with Crippen LogP contribution in [0.15, 0.2) is 24.3 Å². The summed E-state index contributed by atoms with van der Waals surface area (Å²) in [4.78, 5) is 11.2. The topological polar surface area (TPSA) is 92.8 Å². The summed E-state index contributed by atoms with van der Waals surface area (Å²) in [5.41, 5.74) is 5.67. The van der Waals surface area contributed by atoms with Crippen LogP contribution in [-0.4, -0.2) is 34.4 Å². The Morgan fingerprint density at radius 2 is 2.20 bits per heavy atom. The summed E-state index contributed by atoms with van der Waals surface area (Å²) in [6.45, 7) is 0.0565. The Hall–Kier alpha value is -1.59. The zero-order chi connectivity index (χ0) is 14.6. The van der Waals surface area contributed by atoms with Crippen molar-refractivity contribution in [2.75, 3.05) is 6.61 Å². The number of para-hydroxylation sites is 1. The largest absolute Gasteiger partial charge is 0.490 e. The second kappa shape index (κ2) is 6.24. The van der Waals surface area contributed by atoms with E-state index in [9.17, 15) is 9.90 Å². The number of aliphatic carboxylic acids is 1. The number of aliphatic hydroxyl groups excluding tert-OH is 1. The maximum atomic E-state index is 11.2. The van der Waals surface area contributed by atoms with Crippen molar-refractivity contribution in [3.8, 4) is 5.75 Å². The third-order valence-electron chi connectivity index (χ3n) is 3.81. The first kappa shape index (κ1) is 14.8. The molecular weight excluding hydrogens is 258 g/mol. The number of carboxylic acid groups (broad SMARTS) is 1. The van der Waals surface area contributed by atoms with Gasteiger partial charge in [-0.3, -0.25) is 4.79 Å². The van der Waals surface area contributed by atoms with Crippen LogP contribution in [0.2, 0.25) is 0 Å². The number of carbonyl (C=O) groups is 1. The lowest BCUT2D eigenvalue weighted by atomic mass is 9.81. The van der Waals surface area contributed by atoms with Crippen molar-refractivity contribution in [2.24, 2.45) is 5.73 Å². The zero-order valence-electron chi connectivity index (χ0n) is 11.4. The third kappa shape index (κ3) is 3.29. The van der Waals surface area contributed by atoms with E-state index in [1.165, 1.54) is 0 Å². The number of hydrogen-bond acceptors (Lipinski definition) is 4. The SMILES string of the molecule is NC1(C(=O)O)CCCC(Oc2ccccc2CCO)C1. The van der Waals surface area contributed by atoms with E-state index in [4.69, 9.17) is 15.6 Å². The smallest absolute Gasteiger partial charge is 0.323 e. The molecule has 0 spiro atoms. The van der Waals surface area contributed by atoms with Gasteiger partial charge in [-0.15, -0.1) is 0 Å². The molecule has 1 aromatic rings. The van der Waals surface area contributed by atoms with E-state index < -0.39 is 11.5 Å². The maximum Gasteiger partial charge on any atom is 0.323 e. The number of ether oxygens (including phenoxy) is 1. The van der Waals surface area contributed by atoms with E-state index >= 15 is 0 Å². The van der Waals surface area contributed by atoms with E-state index in [2.05, 4.69) is 0 Å². The molecule has 20 heavy (non-hydrogen) atoms. The average molecular weight is 279 g/mol. The van der Waals surface area contributed by atoms with E-state index in [-0.39, 0.29) is 12.7 Å². The van der Waals surface area contributed by atoms with Gasteiger partial charge in [-0.05, 0) is 37.3 Å². The summed E-state index contributed by atoms with van der Waals surface area (Å²) in [7, 11) is 0. The molecule has 0 radical (unpaired) electrons. The fraction of sp³-hybridized carbons (Fsp3) is 0.533. The Morgan fingerprint density at radius 1 is 1.45 bits per heavy atom. The van der Waals surface area contributed by atoms with Gasteiger partial charge in [0.05, 0.1) is 0 Å². The van der Waals surface area contributed by atoms with E-state index in [1.54, 1.807) is 0 Å². The number of carboxylic acids is 1. The number of hydrogen-bond donors (Lipinski definition) is 3. The summed E-state index contributed by atoms with van der Waals surface area (Å²) in [5.74, 6) is -0.254. The van der Waals surface area contributed by atoms with E-state index in [1.807, 2.05) is 24.3 Å². The Morgan fingerprint density at radius 3 is 2.90 bits per heavy atom. The fourth-order valence-corrected chi connectivity index (χ4v) is 2.68. The van der Waals surface area contributed by atoms with Crippen LogP contribution in [0.3, 0.4) is 0 Å². The van der Waals surface area contributed by atoms with Crippen LogP contribution in [0.5, 0.6) is 5.75 Å². The summed E-state index contributed by atoms with van der Waals surface area (Å²) in [6.07, 6.45) is 2.69. The minimum atomic E-state index is -1.19. The van der Waals surface area contributed by atoms with Crippen LogP contribution < -0.4 is 10.5 Å². The van der Waals surface area contributed by atoms with Gasteiger partial charge in [-0.1, -0.05) is 18.2 Å². The molecule has 0 amide bonds. The lowest BCUT2D eigenvalue weighted by molar-refractivity contribution is -0.145. The van der Waals surface area contributed by atoms with Gasteiger partial charge >= 0.3 is 5.97 Å². The normalized spacial score (nSPS) is 26.2. The highest BCUT2D eigenvalue weighted by atomic mass is 16.5. The highest BCUT2D eigenvalue weighted by molar-refractivity contribution is 5.78. The van der Waals surface area contributed by atoms with Crippen molar-refractivity contribution in [1.82, 2.24) is 0 Å². The minimum absolute atomic E-state index is 0.0565. The molecule has 110 valence electrons. The first-order chi connectivity index (χ1) is 9.55. The minimum Gasteiger partial charge on any atom is -0.490 e. The van der Waals surface area contributed by atoms with Crippen molar-refractivity contribution in [3.05, 3.63) is 29.8 Å². The van der Waals surface area contributed by atoms with Gasteiger partial charge in [0.1, 0.15) is 17.4 Å². The van der Waals surface area contributed by atoms with Crippen molar-refractivity contribution < 1.29 is 19.7 Å². The molecule has 1 saturated carbocycles. The molecule has 5 nitrogen and oxygen atoms in total. The first-order valence-electron chi connectivity index (χ1n) is 6.93. The molecule has 5 heteroatoms. The summed E-state index contributed by atoms with van der Waals surface area (Å²) >= 11 is 0. The molecular formula is C15H21NO4. The van der Waals surface area contributed by atoms with Gasteiger partial charge in [0, 0.05) is 13.0 Å². The van der Waals surface area contributed by atoms with Gasteiger partial charge in [0.15, 0.2) is 0 Å². The van der Waals surface area contributed by atoms with Crippen LogP contribution in [0.1, 0.15) is 31.2 Å². The van der Waals surface area contributed by atoms with Crippen molar-refractivity contribution in [3.63, 3.8) is 0 Å². The highest BCUT2D eigenvalue weighted by Gasteiger charge is 2.40. The number of nitrogens with two attached hydrogens (primary N) is 1. The Labute approximate surface area is 118 Å². The number of benzene rings is 1. The zero-order valence-corrected chi connectivity index (χ0v) is 11.4. The molecule has 2 atom stereocenters. The monoisotopic (exact) mass is 279 g/mol. The lowest BCUT2D eigenvalue weighted by Gasteiger charge is -2.34. The van der Waals surface area contributed by atoms with Gasteiger partial charge in [0.25, 0.3) is 0 Å². The number of rotatable bonds is 5. The molecule has 0 saturated heterocycles. The van der Waals surface area contributed by atoms with Crippen molar-refractivity contribution >= 4 is 5.97 Å². The van der Waals surface area contributed by atoms with Gasteiger partial charge in [-0.2, -0.15) is 0 Å². The molecule has 0 bridgehead atoms. The van der Waals surface area contributed by atoms with Gasteiger partial charge in [-0.25, -0.2) is 0 Å². The van der Waals surface area contributed by atoms with E-state index in [0.717, 1.165) is 18.4 Å². The molecule has 1 aliphatic rings. The first-order valence-corrected chi connectivity index (χ1v) is 6.93. The molecule has 0 heterocycles. The Kier molecular flexibility index (Phi) is 4.62. The fourth-order valence-electron chi connectivity index (χ4n) is 2.68. The predicted molar refractivity (Wildman–Crippen MR) is 74.7 cm³/mol. The van der Waals surface area contributed by atoms with Crippen LogP contribution in [0, 0.1) is 0 Å². The molecule has 4 N–H and O–H groups in total.